The predicted octanol–water partition coefficient (Wildman–Crippen LogP) is -0.0826. The highest BCUT2D eigenvalue weighted by atomic mass is 16.4. The van der Waals surface area contributed by atoms with E-state index in [4.69, 9.17) is 15.6 Å². The Balaban J connectivity index is 3.61. The summed E-state index contributed by atoms with van der Waals surface area (Å²) in [5, 5.41) is 26.2. The lowest BCUT2D eigenvalue weighted by atomic mass is 10.2. The van der Waals surface area contributed by atoms with Crippen LogP contribution in [0.3, 0.4) is 0 Å². The average Bonchev–Trinajstić information content (AvgIpc) is 1.90. The number of nitrogens with zero attached hydrogens (tertiary/aromatic N) is 2. The van der Waals surface area contributed by atoms with Crippen LogP contribution in [0.5, 0.6) is 0 Å². The van der Waals surface area contributed by atoms with Crippen molar-refractivity contribution in [3.8, 4) is 12.1 Å². The van der Waals surface area contributed by atoms with E-state index in [0.29, 0.717) is 0 Å². The van der Waals surface area contributed by atoms with E-state index in [1.54, 1.807) is 12.1 Å². The summed E-state index contributed by atoms with van der Waals surface area (Å²) in [7, 11) is 0. The van der Waals surface area contributed by atoms with Gasteiger partial charge in [-0.05, 0) is 0 Å². The molecule has 0 saturated heterocycles. The van der Waals surface area contributed by atoms with Gasteiger partial charge in [-0.3, -0.25) is 0 Å². The van der Waals surface area contributed by atoms with Crippen LogP contribution in [0.4, 0.5) is 4.79 Å². The van der Waals surface area contributed by atoms with Crippen molar-refractivity contribution >= 4 is 6.09 Å². The maximum absolute atomic E-state index is 9.81. The largest absolute Gasteiger partial charge is 0.465 e. The second kappa shape index (κ2) is 4.16. The SMILES string of the molecule is N#CC(C#N)CNC(=O)O. The van der Waals surface area contributed by atoms with E-state index in [-0.39, 0.29) is 6.54 Å². The van der Waals surface area contributed by atoms with Crippen molar-refractivity contribution in [2.45, 2.75) is 0 Å². The zero-order chi connectivity index (χ0) is 7.98. The highest BCUT2D eigenvalue weighted by Crippen LogP contribution is 1.86. The smallest absolute Gasteiger partial charge is 0.404 e. The topological polar surface area (TPSA) is 96.9 Å². The lowest BCUT2D eigenvalue weighted by Crippen LogP contribution is -2.26. The maximum Gasteiger partial charge on any atom is 0.404 e. The molecular formula is C5H5N3O2. The minimum Gasteiger partial charge on any atom is -0.465 e. The molecule has 0 fully saturated rings. The number of amides is 1. The summed E-state index contributed by atoms with van der Waals surface area (Å²) in [6.07, 6.45) is -1.23. The van der Waals surface area contributed by atoms with Crippen LogP contribution < -0.4 is 5.32 Å². The molecule has 0 radical (unpaired) electrons. The fourth-order valence-corrected chi connectivity index (χ4v) is 0.310. The fourth-order valence-electron chi connectivity index (χ4n) is 0.310. The summed E-state index contributed by atoms with van der Waals surface area (Å²) >= 11 is 0. The van der Waals surface area contributed by atoms with Crippen molar-refractivity contribution in [3.05, 3.63) is 0 Å². The monoisotopic (exact) mass is 139 g/mol. The zero-order valence-electron chi connectivity index (χ0n) is 5.03. The third kappa shape index (κ3) is 3.28. The third-order valence-electron chi connectivity index (χ3n) is 0.769. The van der Waals surface area contributed by atoms with Gasteiger partial charge >= 0.3 is 6.09 Å². The highest BCUT2D eigenvalue weighted by Gasteiger charge is 2.05. The molecule has 5 nitrogen and oxygen atoms in total. The van der Waals surface area contributed by atoms with Gasteiger partial charge in [-0.15, -0.1) is 0 Å². The summed E-state index contributed by atoms with van der Waals surface area (Å²) in [6.45, 7) is -0.137. The number of carbonyl (C=O) groups is 1. The Morgan fingerprint density at radius 2 is 2.10 bits per heavy atom. The molecule has 0 atom stereocenters. The molecule has 0 aliphatic heterocycles. The minimum atomic E-state index is -1.23. The van der Waals surface area contributed by atoms with Crippen LogP contribution in [0.1, 0.15) is 0 Å². The molecule has 52 valence electrons. The number of rotatable bonds is 2. The summed E-state index contributed by atoms with van der Waals surface area (Å²) in [5.41, 5.74) is 0. The second-order valence-electron chi connectivity index (χ2n) is 1.50. The number of hydrogen-bond donors (Lipinski definition) is 2. The van der Waals surface area contributed by atoms with Crippen LogP contribution in [0, 0.1) is 28.6 Å². The summed E-state index contributed by atoms with van der Waals surface area (Å²) in [6, 6.07) is 3.24. The molecule has 2 N–H and O–H groups in total. The van der Waals surface area contributed by atoms with Gasteiger partial charge in [0.05, 0.1) is 12.1 Å². The number of nitrogens with one attached hydrogen (secondary N) is 1. The Morgan fingerprint density at radius 3 is 2.40 bits per heavy atom. The summed E-state index contributed by atoms with van der Waals surface area (Å²) in [4.78, 5) is 9.81. The lowest BCUT2D eigenvalue weighted by Gasteiger charge is -1.97. The Kier molecular flexibility index (Phi) is 3.43. The average molecular weight is 139 g/mol. The van der Waals surface area contributed by atoms with Gasteiger partial charge in [-0.25, -0.2) is 4.79 Å². The van der Waals surface area contributed by atoms with Crippen molar-refractivity contribution in [1.82, 2.24) is 5.32 Å². The van der Waals surface area contributed by atoms with E-state index in [1.807, 2.05) is 5.32 Å². The summed E-state index contributed by atoms with van der Waals surface area (Å²) in [5.74, 6) is -0.893. The predicted molar refractivity (Wildman–Crippen MR) is 30.7 cm³/mol. The van der Waals surface area contributed by atoms with E-state index >= 15 is 0 Å². The molecule has 0 aliphatic rings. The first-order valence-corrected chi connectivity index (χ1v) is 2.46. The number of hydrogen-bond acceptors (Lipinski definition) is 3. The number of carboxylic acid groups (broad SMARTS) is 1. The van der Waals surface area contributed by atoms with E-state index in [9.17, 15) is 4.79 Å². The lowest BCUT2D eigenvalue weighted by molar-refractivity contribution is 0.194. The Labute approximate surface area is 57.5 Å². The molecule has 0 bridgehead atoms. The highest BCUT2D eigenvalue weighted by molar-refractivity contribution is 5.64. The number of nitriles is 2. The molecule has 0 aliphatic carbocycles. The Morgan fingerprint density at radius 1 is 1.60 bits per heavy atom. The molecule has 0 aromatic carbocycles. The van der Waals surface area contributed by atoms with Gasteiger partial charge in [0.2, 0.25) is 0 Å². The molecule has 1 amide bonds. The molecule has 5 heteroatoms. The fraction of sp³-hybridized carbons (Fsp3) is 0.400. The van der Waals surface area contributed by atoms with Crippen LogP contribution in [-0.2, 0) is 0 Å². The molecule has 0 rings (SSSR count). The van der Waals surface area contributed by atoms with E-state index in [1.165, 1.54) is 0 Å². The van der Waals surface area contributed by atoms with E-state index in [0.717, 1.165) is 0 Å². The normalized spacial score (nSPS) is 7.90. The first kappa shape index (κ1) is 8.25. The van der Waals surface area contributed by atoms with Gasteiger partial charge < -0.3 is 10.4 Å². The van der Waals surface area contributed by atoms with Crippen LogP contribution in [0.15, 0.2) is 0 Å². The van der Waals surface area contributed by atoms with Crippen molar-refractivity contribution in [2.75, 3.05) is 6.54 Å². The van der Waals surface area contributed by atoms with Crippen molar-refractivity contribution < 1.29 is 9.90 Å². The van der Waals surface area contributed by atoms with Crippen molar-refractivity contribution in [3.63, 3.8) is 0 Å². The van der Waals surface area contributed by atoms with Gasteiger partial charge in [-0.1, -0.05) is 0 Å². The quantitative estimate of drug-likeness (QED) is 0.558. The molecule has 0 aromatic heterocycles. The third-order valence-corrected chi connectivity index (χ3v) is 0.769. The molecule has 0 aromatic rings. The Hall–Kier alpha value is -1.75. The molecule has 10 heavy (non-hydrogen) atoms. The van der Waals surface area contributed by atoms with Crippen LogP contribution >= 0.6 is 0 Å². The van der Waals surface area contributed by atoms with E-state index in [2.05, 4.69) is 0 Å². The van der Waals surface area contributed by atoms with Crippen LogP contribution in [-0.4, -0.2) is 17.7 Å². The molecular weight excluding hydrogens is 134 g/mol. The molecule has 0 unspecified atom stereocenters. The standard InChI is InChI=1S/C5H5N3O2/c6-1-4(2-7)3-8-5(9)10/h4,8H,3H2,(H,9,10). The summed E-state index contributed by atoms with van der Waals surface area (Å²) < 4.78 is 0. The van der Waals surface area contributed by atoms with Crippen LogP contribution in [0.25, 0.3) is 0 Å². The molecule has 0 spiro atoms. The van der Waals surface area contributed by atoms with Gasteiger partial charge in [0.15, 0.2) is 5.92 Å². The molecule has 0 saturated carbocycles. The van der Waals surface area contributed by atoms with E-state index < -0.39 is 12.0 Å². The minimum absolute atomic E-state index is 0.137. The van der Waals surface area contributed by atoms with Crippen molar-refractivity contribution in [2.24, 2.45) is 5.92 Å². The van der Waals surface area contributed by atoms with Gasteiger partial charge in [0, 0.05) is 6.54 Å². The van der Waals surface area contributed by atoms with Gasteiger partial charge in [0.1, 0.15) is 0 Å². The van der Waals surface area contributed by atoms with Gasteiger partial charge in [-0.2, -0.15) is 10.5 Å². The first-order valence-electron chi connectivity index (χ1n) is 2.46. The Bertz CT molecular complexity index is 186. The maximum atomic E-state index is 9.81. The van der Waals surface area contributed by atoms with Crippen LogP contribution in [0.2, 0.25) is 0 Å². The van der Waals surface area contributed by atoms with Gasteiger partial charge in [0.25, 0.3) is 0 Å². The second-order valence-corrected chi connectivity index (χ2v) is 1.50. The van der Waals surface area contributed by atoms with Crippen molar-refractivity contribution in [1.29, 1.82) is 10.5 Å². The first-order chi connectivity index (χ1) is 4.70. The zero-order valence-corrected chi connectivity index (χ0v) is 5.03. The molecule has 0 heterocycles.